The maximum absolute atomic E-state index is 11.2. The molecule has 3 heteroatoms. The molecule has 0 aromatic rings. The summed E-state index contributed by atoms with van der Waals surface area (Å²) in [5.41, 5.74) is 5.01. The first-order chi connectivity index (χ1) is 3.13. The van der Waals surface area contributed by atoms with E-state index in [4.69, 9.17) is 5.73 Å². The second-order valence-corrected chi connectivity index (χ2v) is 1.60. The molecule has 0 heterocycles. The van der Waals surface area contributed by atoms with Gasteiger partial charge in [-0.15, -0.1) is 0 Å². The summed E-state index contributed by atoms with van der Waals surface area (Å²) in [6.45, 7) is 1.56. The van der Waals surface area contributed by atoms with Crippen molar-refractivity contribution in [2.75, 3.05) is 0 Å². The quantitative estimate of drug-likeness (QED) is 0.562. The van der Waals surface area contributed by atoms with Gasteiger partial charge in [0.25, 0.3) is 0 Å². The summed E-state index contributed by atoms with van der Waals surface area (Å²) in [4.78, 5) is 0. The highest BCUT2D eigenvalue weighted by Gasteiger charge is 2.03. The molecule has 1 unspecified atom stereocenters. The van der Waals surface area contributed by atoms with Crippen LogP contribution in [0.4, 0.5) is 8.78 Å². The predicted octanol–water partition coefficient (Wildman–Crippen LogP) is 0.989. The van der Waals surface area contributed by atoms with Crippen LogP contribution in [-0.4, -0.2) is 12.5 Å². The third kappa shape index (κ3) is 5.82. The van der Waals surface area contributed by atoms with Crippen molar-refractivity contribution in [3.8, 4) is 0 Å². The average molecular weight is 109 g/mol. The minimum absolute atomic E-state index is 0.194. The third-order valence-corrected chi connectivity index (χ3v) is 0.550. The van der Waals surface area contributed by atoms with Crippen LogP contribution in [0.2, 0.25) is 0 Å². The van der Waals surface area contributed by atoms with Crippen molar-refractivity contribution in [1.82, 2.24) is 0 Å². The fourth-order valence-corrected chi connectivity index (χ4v) is 0.281. The first kappa shape index (κ1) is 6.82. The molecule has 0 bridgehead atoms. The van der Waals surface area contributed by atoms with Crippen LogP contribution in [0.15, 0.2) is 0 Å². The standard InChI is InChI=1S/C4H9F2N/c1-3(7)2-4(5)6/h3-4H,2,7H2,1H3. The molecule has 1 nitrogen and oxygen atoms in total. The summed E-state index contributed by atoms with van der Waals surface area (Å²) in [5, 5.41) is 0. The van der Waals surface area contributed by atoms with Crippen LogP contribution in [0, 0.1) is 0 Å². The highest BCUT2D eigenvalue weighted by Crippen LogP contribution is 1.99. The molecule has 0 aliphatic carbocycles. The van der Waals surface area contributed by atoms with E-state index >= 15 is 0 Å². The van der Waals surface area contributed by atoms with E-state index in [1.54, 1.807) is 6.92 Å². The van der Waals surface area contributed by atoms with Crippen molar-refractivity contribution in [2.24, 2.45) is 5.73 Å². The zero-order valence-electron chi connectivity index (χ0n) is 4.20. The molecule has 0 radical (unpaired) electrons. The fraction of sp³-hybridized carbons (Fsp3) is 1.00. The maximum Gasteiger partial charge on any atom is 0.240 e. The van der Waals surface area contributed by atoms with Crippen molar-refractivity contribution < 1.29 is 8.78 Å². The smallest absolute Gasteiger partial charge is 0.240 e. The Morgan fingerprint density at radius 1 is 1.57 bits per heavy atom. The van der Waals surface area contributed by atoms with E-state index in [1.807, 2.05) is 0 Å². The summed E-state index contributed by atoms with van der Waals surface area (Å²) >= 11 is 0. The van der Waals surface area contributed by atoms with Crippen molar-refractivity contribution in [3.05, 3.63) is 0 Å². The first-order valence-electron chi connectivity index (χ1n) is 2.16. The van der Waals surface area contributed by atoms with Gasteiger partial charge in [0.1, 0.15) is 0 Å². The molecule has 0 saturated heterocycles. The highest BCUT2D eigenvalue weighted by atomic mass is 19.3. The monoisotopic (exact) mass is 109 g/mol. The lowest BCUT2D eigenvalue weighted by atomic mass is 10.3. The van der Waals surface area contributed by atoms with Crippen LogP contribution in [0.5, 0.6) is 0 Å². The van der Waals surface area contributed by atoms with Gasteiger partial charge in [-0.3, -0.25) is 0 Å². The molecule has 0 saturated carbocycles. The second kappa shape index (κ2) is 2.91. The molecule has 0 spiro atoms. The Balaban J connectivity index is 2.95. The predicted molar refractivity (Wildman–Crippen MR) is 24.3 cm³/mol. The van der Waals surface area contributed by atoms with Gasteiger partial charge >= 0.3 is 0 Å². The Morgan fingerprint density at radius 2 is 2.00 bits per heavy atom. The Hall–Kier alpha value is -0.180. The minimum Gasteiger partial charge on any atom is -0.328 e. The van der Waals surface area contributed by atoms with E-state index in [0.29, 0.717) is 0 Å². The Kier molecular flexibility index (Phi) is 2.83. The Labute approximate surface area is 41.5 Å². The van der Waals surface area contributed by atoms with Gasteiger partial charge in [-0.05, 0) is 6.92 Å². The van der Waals surface area contributed by atoms with Gasteiger partial charge in [0.15, 0.2) is 0 Å². The zero-order chi connectivity index (χ0) is 5.86. The zero-order valence-corrected chi connectivity index (χ0v) is 4.20. The van der Waals surface area contributed by atoms with Crippen LogP contribution in [-0.2, 0) is 0 Å². The number of halogens is 2. The van der Waals surface area contributed by atoms with Gasteiger partial charge in [-0.1, -0.05) is 0 Å². The fourth-order valence-electron chi connectivity index (χ4n) is 0.281. The summed E-state index contributed by atoms with van der Waals surface area (Å²) in [6, 6.07) is -0.375. The molecule has 0 amide bonds. The van der Waals surface area contributed by atoms with Crippen molar-refractivity contribution in [3.63, 3.8) is 0 Å². The number of hydrogen-bond donors (Lipinski definition) is 1. The summed E-state index contributed by atoms with van der Waals surface area (Å²) in [5.74, 6) is 0. The molecule has 0 fully saturated rings. The molecular weight excluding hydrogens is 100 g/mol. The van der Waals surface area contributed by atoms with Gasteiger partial charge in [-0.2, -0.15) is 0 Å². The molecule has 0 aromatic carbocycles. The van der Waals surface area contributed by atoms with E-state index < -0.39 is 6.43 Å². The van der Waals surface area contributed by atoms with Crippen LogP contribution < -0.4 is 5.73 Å². The molecule has 1 atom stereocenters. The highest BCUT2D eigenvalue weighted by molar-refractivity contribution is 4.52. The SMILES string of the molecule is CC(N)CC(F)F. The topological polar surface area (TPSA) is 26.0 Å². The molecule has 0 rings (SSSR count). The van der Waals surface area contributed by atoms with Crippen LogP contribution in [0.3, 0.4) is 0 Å². The lowest BCUT2D eigenvalue weighted by Gasteiger charge is -2.00. The van der Waals surface area contributed by atoms with E-state index in [9.17, 15) is 8.78 Å². The summed E-state index contributed by atoms with van der Waals surface area (Å²) < 4.78 is 22.4. The van der Waals surface area contributed by atoms with E-state index in [-0.39, 0.29) is 12.5 Å². The maximum atomic E-state index is 11.2. The van der Waals surface area contributed by atoms with Gasteiger partial charge < -0.3 is 5.73 Å². The Bertz CT molecular complexity index is 39.0. The van der Waals surface area contributed by atoms with E-state index in [1.165, 1.54) is 0 Å². The normalized spacial score (nSPS) is 15.0. The number of hydrogen-bond acceptors (Lipinski definition) is 1. The third-order valence-electron chi connectivity index (χ3n) is 0.550. The molecule has 0 aliphatic heterocycles. The van der Waals surface area contributed by atoms with Gasteiger partial charge in [0.05, 0.1) is 0 Å². The van der Waals surface area contributed by atoms with Crippen LogP contribution in [0.25, 0.3) is 0 Å². The van der Waals surface area contributed by atoms with Gasteiger partial charge in [0.2, 0.25) is 6.43 Å². The van der Waals surface area contributed by atoms with Crippen molar-refractivity contribution in [1.29, 1.82) is 0 Å². The number of alkyl halides is 2. The lowest BCUT2D eigenvalue weighted by molar-refractivity contribution is 0.130. The van der Waals surface area contributed by atoms with Crippen LogP contribution in [0.1, 0.15) is 13.3 Å². The van der Waals surface area contributed by atoms with E-state index in [0.717, 1.165) is 0 Å². The average Bonchev–Trinajstić information content (AvgIpc) is 1.27. The largest absolute Gasteiger partial charge is 0.328 e. The van der Waals surface area contributed by atoms with Gasteiger partial charge in [0, 0.05) is 12.5 Å². The van der Waals surface area contributed by atoms with Crippen LogP contribution >= 0.6 is 0 Å². The first-order valence-corrected chi connectivity index (χ1v) is 2.16. The number of rotatable bonds is 2. The van der Waals surface area contributed by atoms with Crippen molar-refractivity contribution >= 4 is 0 Å². The molecule has 0 aromatic heterocycles. The van der Waals surface area contributed by atoms with Crippen molar-refractivity contribution in [2.45, 2.75) is 25.8 Å². The molecule has 44 valence electrons. The minimum atomic E-state index is -2.25. The van der Waals surface area contributed by atoms with Gasteiger partial charge in [-0.25, -0.2) is 8.78 Å². The second-order valence-electron chi connectivity index (χ2n) is 1.60. The Morgan fingerprint density at radius 3 is 2.00 bits per heavy atom. The molecule has 7 heavy (non-hydrogen) atoms. The molecular formula is C4H9F2N. The number of nitrogens with two attached hydrogens (primary N) is 1. The lowest BCUT2D eigenvalue weighted by Crippen LogP contribution is -2.17. The molecule has 2 N–H and O–H groups in total. The van der Waals surface area contributed by atoms with E-state index in [2.05, 4.69) is 0 Å². The summed E-state index contributed by atoms with van der Waals surface area (Å²) in [7, 11) is 0. The summed E-state index contributed by atoms with van der Waals surface area (Å²) in [6.07, 6.45) is -2.44. The molecule has 0 aliphatic rings.